The van der Waals surface area contributed by atoms with Gasteiger partial charge in [-0.3, -0.25) is 4.79 Å². The molecule has 0 saturated carbocycles. The fourth-order valence-electron chi connectivity index (χ4n) is 3.19. The molecule has 1 amide bonds. The molecule has 0 saturated heterocycles. The number of carbonyl (C=O) groups is 1. The second-order valence-corrected chi connectivity index (χ2v) is 6.72. The molecule has 0 radical (unpaired) electrons. The molecule has 1 N–H and O–H groups in total. The molecular weight excluding hydrogens is 373 g/mol. The van der Waals surface area contributed by atoms with Crippen molar-refractivity contribution < 1.29 is 23.4 Å². The molecule has 3 aromatic carbocycles. The minimum Gasteiger partial charge on any atom is -0.489 e. The van der Waals surface area contributed by atoms with E-state index in [1.807, 2.05) is 30.3 Å². The number of nitrogens with one attached hydrogen (secondary N) is 1. The SMILES string of the molecule is CC(=O)Nc1cccc(OCc2cc(F)cc3c2O[C@H](c2ccccc2)OC3)c1. The van der Waals surface area contributed by atoms with Crippen molar-refractivity contribution in [3.05, 3.63) is 89.2 Å². The lowest BCUT2D eigenvalue weighted by atomic mass is 10.1. The summed E-state index contributed by atoms with van der Waals surface area (Å²) < 4.78 is 31.7. The van der Waals surface area contributed by atoms with Crippen LogP contribution in [0.2, 0.25) is 0 Å². The third kappa shape index (κ3) is 4.55. The van der Waals surface area contributed by atoms with E-state index in [0.717, 1.165) is 5.56 Å². The molecule has 6 heteroatoms. The molecule has 0 unspecified atom stereocenters. The highest BCUT2D eigenvalue weighted by Crippen LogP contribution is 2.37. The van der Waals surface area contributed by atoms with Gasteiger partial charge in [-0.25, -0.2) is 4.39 Å². The number of carbonyl (C=O) groups excluding carboxylic acids is 1. The van der Waals surface area contributed by atoms with E-state index in [0.29, 0.717) is 28.3 Å². The summed E-state index contributed by atoms with van der Waals surface area (Å²) in [4.78, 5) is 11.2. The van der Waals surface area contributed by atoms with E-state index in [9.17, 15) is 9.18 Å². The van der Waals surface area contributed by atoms with E-state index in [1.165, 1.54) is 19.1 Å². The molecule has 0 bridgehead atoms. The van der Waals surface area contributed by atoms with Crippen molar-refractivity contribution in [1.82, 2.24) is 0 Å². The van der Waals surface area contributed by atoms with Crippen LogP contribution in [0.5, 0.6) is 11.5 Å². The average molecular weight is 393 g/mol. The smallest absolute Gasteiger partial charge is 0.227 e. The highest BCUT2D eigenvalue weighted by atomic mass is 19.1. The van der Waals surface area contributed by atoms with Crippen LogP contribution in [0.4, 0.5) is 10.1 Å². The van der Waals surface area contributed by atoms with Crippen molar-refractivity contribution in [2.75, 3.05) is 5.32 Å². The zero-order valence-corrected chi connectivity index (χ0v) is 15.9. The number of ether oxygens (including phenoxy) is 3. The zero-order chi connectivity index (χ0) is 20.2. The van der Waals surface area contributed by atoms with Crippen molar-refractivity contribution in [1.29, 1.82) is 0 Å². The highest BCUT2D eigenvalue weighted by Gasteiger charge is 2.25. The van der Waals surface area contributed by atoms with Gasteiger partial charge in [0.2, 0.25) is 12.2 Å². The molecule has 1 aliphatic rings. The molecule has 0 aromatic heterocycles. The summed E-state index contributed by atoms with van der Waals surface area (Å²) in [6.07, 6.45) is -0.559. The maximum atomic E-state index is 14.1. The number of halogens is 1. The predicted octanol–water partition coefficient (Wildman–Crippen LogP) is 4.97. The Kier molecular flexibility index (Phi) is 5.44. The third-order valence-electron chi connectivity index (χ3n) is 4.44. The predicted molar refractivity (Wildman–Crippen MR) is 106 cm³/mol. The van der Waals surface area contributed by atoms with Gasteiger partial charge in [0.15, 0.2) is 0 Å². The summed E-state index contributed by atoms with van der Waals surface area (Å²) in [5.41, 5.74) is 2.75. The Morgan fingerprint density at radius 1 is 1.14 bits per heavy atom. The molecule has 1 heterocycles. The van der Waals surface area contributed by atoms with Crippen LogP contribution in [0.15, 0.2) is 66.7 Å². The first-order chi connectivity index (χ1) is 14.1. The van der Waals surface area contributed by atoms with Crippen LogP contribution in [0.3, 0.4) is 0 Å². The van der Waals surface area contributed by atoms with Crippen molar-refractivity contribution in [3.8, 4) is 11.5 Å². The van der Waals surface area contributed by atoms with Gasteiger partial charge in [0.05, 0.1) is 6.61 Å². The Hall–Kier alpha value is -3.38. The van der Waals surface area contributed by atoms with Crippen LogP contribution in [0.1, 0.15) is 29.9 Å². The molecule has 0 spiro atoms. The van der Waals surface area contributed by atoms with Gasteiger partial charge in [0, 0.05) is 35.4 Å². The molecule has 0 fully saturated rings. The number of fused-ring (bicyclic) bond motifs is 1. The molecule has 0 aliphatic carbocycles. The van der Waals surface area contributed by atoms with Crippen molar-refractivity contribution >= 4 is 11.6 Å². The van der Waals surface area contributed by atoms with Crippen molar-refractivity contribution in [3.63, 3.8) is 0 Å². The van der Waals surface area contributed by atoms with Crippen molar-refractivity contribution in [2.45, 2.75) is 26.4 Å². The maximum Gasteiger partial charge on any atom is 0.227 e. The Balaban J connectivity index is 1.54. The molecule has 3 aromatic rings. The van der Waals surface area contributed by atoms with Crippen molar-refractivity contribution in [2.24, 2.45) is 0 Å². The van der Waals surface area contributed by atoms with Gasteiger partial charge in [-0.1, -0.05) is 36.4 Å². The molecule has 5 nitrogen and oxygen atoms in total. The van der Waals surface area contributed by atoms with Crippen LogP contribution < -0.4 is 14.8 Å². The molecule has 1 atom stereocenters. The summed E-state index contributed by atoms with van der Waals surface area (Å²) in [5.74, 6) is 0.590. The van der Waals surface area contributed by atoms with Gasteiger partial charge >= 0.3 is 0 Å². The normalized spacial score (nSPS) is 15.2. The lowest BCUT2D eigenvalue weighted by Crippen LogP contribution is -2.19. The largest absolute Gasteiger partial charge is 0.489 e. The van der Waals surface area contributed by atoms with Crippen LogP contribution >= 0.6 is 0 Å². The molecule has 29 heavy (non-hydrogen) atoms. The van der Waals surface area contributed by atoms with Gasteiger partial charge in [0.25, 0.3) is 0 Å². The zero-order valence-electron chi connectivity index (χ0n) is 15.9. The van der Waals surface area contributed by atoms with Gasteiger partial charge < -0.3 is 19.5 Å². The first-order valence-corrected chi connectivity index (χ1v) is 9.23. The van der Waals surface area contributed by atoms with E-state index < -0.39 is 6.29 Å². The number of hydrogen-bond acceptors (Lipinski definition) is 4. The summed E-state index contributed by atoms with van der Waals surface area (Å²) in [6.45, 7) is 1.80. The summed E-state index contributed by atoms with van der Waals surface area (Å²) in [6, 6.07) is 19.4. The van der Waals surface area contributed by atoms with E-state index in [-0.39, 0.29) is 24.9 Å². The molecule has 148 valence electrons. The molecule has 1 aliphatic heterocycles. The van der Waals surface area contributed by atoms with Crippen LogP contribution in [0, 0.1) is 5.82 Å². The summed E-state index contributed by atoms with van der Waals surface area (Å²) in [7, 11) is 0. The Morgan fingerprint density at radius 3 is 2.76 bits per heavy atom. The minimum absolute atomic E-state index is 0.116. The summed E-state index contributed by atoms with van der Waals surface area (Å²) >= 11 is 0. The van der Waals surface area contributed by atoms with E-state index in [2.05, 4.69) is 5.32 Å². The Bertz CT molecular complexity index is 1020. The third-order valence-corrected chi connectivity index (χ3v) is 4.44. The Labute approximate surface area is 168 Å². The van der Waals surface area contributed by atoms with Gasteiger partial charge in [0.1, 0.15) is 23.9 Å². The Morgan fingerprint density at radius 2 is 1.97 bits per heavy atom. The van der Waals surface area contributed by atoms with E-state index in [4.69, 9.17) is 14.2 Å². The average Bonchev–Trinajstić information content (AvgIpc) is 2.72. The summed E-state index contributed by atoms with van der Waals surface area (Å²) in [5, 5.41) is 2.71. The van der Waals surface area contributed by atoms with Crippen LogP contribution in [0.25, 0.3) is 0 Å². The lowest BCUT2D eigenvalue weighted by molar-refractivity contribution is -0.114. The van der Waals surface area contributed by atoms with E-state index >= 15 is 0 Å². The minimum atomic E-state index is -0.559. The quantitative estimate of drug-likeness (QED) is 0.665. The number of anilines is 1. The van der Waals surface area contributed by atoms with Gasteiger partial charge in [-0.2, -0.15) is 0 Å². The topological polar surface area (TPSA) is 56.8 Å². The number of hydrogen-bond donors (Lipinski definition) is 1. The van der Waals surface area contributed by atoms with Crippen LogP contribution in [-0.4, -0.2) is 5.91 Å². The monoisotopic (exact) mass is 393 g/mol. The molecule has 4 rings (SSSR count). The second kappa shape index (κ2) is 8.32. The number of amides is 1. The highest BCUT2D eigenvalue weighted by molar-refractivity contribution is 5.88. The van der Waals surface area contributed by atoms with E-state index in [1.54, 1.807) is 24.3 Å². The van der Waals surface area contributed by atoms with Crippen LogP contribution in [-0.2, 0) is 22.7 Å². The molecular formula is C23H20FNO4. The number of benzene rings is 3. The fraction of sp³-hybridized carbons (Fsp3) is 0.174. The fourth-order valence-corrected chi connectivity index (χ4v) is 3.19. The first kappa shape index (κ1) is 19.0. The first-order valence-electron chi connectivity index (χ1n) is 9.23. The van der Waals surface area contributed by atoms with Gasteiger partial charge in [-0.15, -0.1) is 0 Å². The lowest BCUT2D eigenvalue weighted by Gasteiger charge is -2.28. The van der Waals surface area contributed by atoms with Gasteiger partial charge in [-0.05, 0) is 24.3 Å². The second-order valence-electron chi connectivity index (χ2n) is 6.72. The standard InChI is InChI=1S/C23H20FNO4/c1-15(26)25-20-8-5-9-21(12-20)27-13-17-10-19(24)11-18-14-28-23(29-22(17)18)16-6-3-2-4-7-16/h2-12,23H,13-14H2,1H3,(H,25,26)/t23-/m1/s1. The number of rotatable bonds is 5. The maximum absolute atomic E-state index is 14.1.